The Morgan fingerprint density at radius 3 is 2.78 bits per heavy atom. The second-order valence-corrected chi connectivity index (χ2v) is 5.84. The first-order valence-corrected chi connectivity index (χ1v) is 7.21. The maximum Gasteiger partial charge on any atom is 0.263 e. The van der Waals surface area contributed by atoms with Crippen molar-refractivity contribution in [1.82, 2.24) is 10.3 Å². The summed E-state index contributed by atoms with van der Waals surface area (Å²) in [4.78, 5) is 16.7. The molecule has 4 nitrogen and oxygen atoms in total. The lowest BCUT2D eigenvalue weighted by atomic mass is 9.94. The Morgan fingerprint density at radius 2 is 2.28 bits per heavy atom. The molecule has 1 aromatic heterocycles. The Hall–Kier alpha value is -0.940. The molecule has 1 unspecified atom stereocenters. The number of nitrogens with zero attached hydrogens (tertiary/aromatic N) is 1. The number of carbonyl (C=O) groups excluding carboxylic acids is 1. The number of aliphatic hydroxyl groups is 1. The number of amides is 1. The highest BCUT2D eigenvalue weighted by Crippen LogP contribution is 2.16. The van der Waals surface area contributed by atoms with Crippen LogP contribution in [-0.4, -0.2) is 29.1 Å². The molecule has 0 spiro atoms. The van der Waals surface area contributed by atoms with E-state index >= 15 is 0 Å². The van der Waals surface area contributed by atoms with Gasteiger partial charge in [0.2, 0.25) is 0 Å². The van der Waals surface area contributed by atoms with E-state index < -0.39 is 0 Å². The first-order valence-electron chi connectivity index (χ1n) is 6.33. The number of carbonyl (C=O) groups is 1. The Kier molecular flexibility index (Phi) is 6.29. The van der Waals surface area contributed by atoms with Gasteiger partial charge in [-0.3, -0.25) is 4.79 Å². The van der Waals surface area contributed by atoms with Gasteiger partial charge in [-0.2, -0.15) is 0 Å². The molecule has 0 aliphatic carbocycles. The quantitative estimate of drug-likeness (QED) is 0.798. The fourth-order valence-corrected chi connectivity index (χ4v) is 2.71. The summed E-state index contributed by atoms with van der Waals surface area (Å²) < 4.78 is 0. The summed E-state index contributed by atoms with van der Waals surface area (Å²) in [7, 11) is 0. The summed E-state index contributed by atoms with van der Waals surface area (Å²) in [5.74, 6) is 0.859. The molecule has 0 aliphatic heterocycles. The van der Waals surface area contributed by atoms with E-state index in [9.17, 15) is 4.79 Å². The van der Waals surface area contributed by atoms with E-state index in [4.69, 9.17) is 5.11 Å². The van der Waals surface area contributed by atoms with Gasteiger partial charge in [-0.25, -0.2) is 4.98 Å². The van der Waals surface area contributed by atoms with Gasteiger partial charge in [-0.1, -0.05) is 13.8 Å². The predicted octanol–water partition coefficient (Wildman–Crippen LogP) is 2.23. The molecule has 5 heteroatoms. The minimum absolute atomic E-state index is 0.0540. The molecule has 0 radical (unpaired) electrons. The molecule has 0 saturated carbocycles. The third-order valence-electron chi connectivity index (χ3n) is 2.85. The van der Waals surface area contributed by atoms with Crippen molar-refractivity contribution in [1.29, 1.82) is 0 Å². The molecule has 0 aliphatic rings. The average Bonchev–Trinajstić information content (AvgIpc) is 2.71. The molecule has 0 fully saturated rings. The normalized spacial score (nSPS) is 12.7. The van der Waals surface area contributed by atoms with E-state index in [0.29, 0.717) is 23.3 Å². The van der Waals surface area contributed by atoms with Crippen LogP contribution in [0.5, 0.6) is 0 Å². The van der Waals surface area contributed by atoms with Crippen molar-refractivity contribution in [2.45, 2.75) is 33.6 Å². The van der Waals surface area contributed by atoms with Gasteiger partial charge in [0, 0.05) is 13.2 Å². The van der Waals surface area contributed by atoms with Gasteiger partial charge in [0.15, 0.2) is 0 Å². The van der Waals surface area contributed by atoms with E-state index in [1.807, 2.05) is 6.92 Å². The molecule has 18 heavy (non-hydrogen) atoms. The molecule has 2 N–H and O–H groups in total. The first-order chi connectivity index (χ1) is 8.54. The van der Waals surface area contributed by atoms with Gasteiger partial charge in [0.1, 0.15) is 4.88 Å². The maximum absolute atomic E-state index is 11.9. The lowest BCUT2D eigenvalue weighted by Gasteiger charge is -2.18. The number of rotatable bonds is 7. The monoisotopic (exact) mass is 270 g/mol. The molecular weight excluding hydrogens is 248 g/mol. The largest absolute Gasteiger partial charge is 0.396 e. The van der Waals surface area contributed by atoms with Crippen molar-refractivity contribution in [3.8, 4) is 0 Å². The van der Waals surface area contributed by atoms with Crippen molar-refractivity contribution >= 4 is 17.2 Å². The molecule has 1 aromatic rings. The minimum Gasteiger partial charge on any atom is -0.396 e. The van der Waals surface area contributed by atoms with Crippen LogP contribution in [0.4, 0.5) is 0 Å². The van der Waals surface area contributed by atoms with Gasteiger partial charge in [0.05, 0.1) is 11.2 Å². The third-order valence-corrected chi connectivity index (χ3v) is 3.77. The number of aryl methyl sites for hydroxylation is 1. The molecule has 1 amide bonds. The highest BCUT2D eigenvalue weighted by molar-refractivity contribution is 7.11. The van der Waals surface area contributed by atoms with E-state index in [0.717, 1.165) is 18.5 Å². The molecule has 1 atom stereocenters. The van der Waals surface area contributed by atoms with E-state index in [2.05, 4.69) is 24.1 Å². The highest BCUT2D eigenvalue weighted by atomic mass is 32.1. The summed E-state index contributed by atoms with van der Waals surface area (Å²) in [5.41, 5.74) is 2.46. The fraction of sp³-hybridized carbons (Fsp3) is 0.692. The van der Waals surface area contributed by atoms with Crippen LogP contribution in [0.1, 0.15) is 42.1 Å². The number of hydrogen-bond donors (Lipinski definition) is 2. The SMILES string of the molecule is Cc1ncsc1C(=O)NCC(CCO)CC(C)C. The van der Waals surface area contributed by atoms with Gasteiger partial charge >= 0.3 is 0 Å². The standard InChI is InChI=1S/C13H22N2O2S/c1-9(2)6-11(4-5-16)7-14-13(17)12-10(3)15-8-18-12/h8-9,11,16H,4-7H2,1-3H3,(H,14,17). The highest BCUT2D eigenvalue weighted by Gasteiger charge is 2.15. The number of nitrogens with one attached hydrogen (secondary N) is 1. The summed E-state index contributed by atoms with van der Waals surface area (Å²) >= 11 is 1.36. The van der Waals surface area contributed by atoms with Crippen LogP contribution >= 0.6 is 11.3 Å². The van der Waals surface area contributed by atoms with E-state index in [1.165, 1.54) is 11.3 Å². The maximum atomic E-state index is 11.9. The first kappa shape index (κ1) is 15.1. The van der Waals surface area contributed by atoms with Crippen LogP contribution in [0, 0.1) is 18.8 Å². The van der Waals surface area contributed by atoms with Crippen molar-refractivity contribution in [2.24, 2.45) is 11.8 Å². The van der Waals surface area contributed by atoms with Gasteiger partial charge in [0.25, 0.3) is 5.91 Å². The van der Waals surface area contributed by atoms with Crippen LogP contribution in [0.25, 0.3) is 0 Å². The lowest BCUT2D eigenvalue weighted by molar-refractivity contribution is 0.0944. The zero-order chi connectivity index (χ0) is 13.5. The number of hydrogen-bond acceptors (Lipinski definition) is 4. The van der Waals surface area contributed by atoms with Gasteiger partial charge < -0.3 is 10.4 Å². The molecule has 0 bridgehead atoms. The van der Waals surface area contributed by atoms with E-state index in [1.54, 1.807) is 5.51 Å². The predicted molar refractivity (Wildman–Crippen MR) is 73.8 cm³/mol. The van der Waals surface area contributed by atoms with Crippen molar-refractivity contribution in [2.75, 3.05) is 13.2 Å². The Bertz CT molecular complexity index is 377. The topological polar surface area (TPSA) is 62.2 Å². The zero-order valence-corrected chi connectivity index (χ0v) is 12.1. The number of aliphatic hydroxyl groups excluding tert-OH is 1. The van der Waals surface area contributed by atoms with Crippen LogP contribution in [-0.2, 0) is 0 Å². The van der Waals surface area contributed by atoms with Gasteiger partial charge in [-0.05, 0) is 31.6 Å². The molecule has 0 aromatic carbocycles. The summed E-state index contributed by atoms with van der Waals surface area (Å²) in [6, 6.07) is 0. The summed E-state index contributed by atoms with van der Waals surface area (Å²) in [5, 5.41) is 12.0. The minimum atomic E-state index is -0.0540. The smallest absolute Gasteiger partial charge is 0.263 e. The summed E-state index contributed by atoms with van der Waals surface area (Å²) in [6.07, 6.45) is 1.75. The Labute approximate surface area is 112 Å². The second-order valence-electron chi connectivity index (χ2n) is 4.98. The zero-order valence-electron chi connectivity index (χ0n) is 11.3. The molecule has 1 rings (SSSR count). The molecular formula is C13H22N2O2S. The molecule has 0 saturated heterocycles. The van der Waals surface area contributed by atoms with Crippen LogP contribution in [0.2, 0.25) is 0 Å². The van der Waals surface area contributed by atoms with Crippen molar-refractivity contribution in [3.05, 3.63) is 16.1 Å². The number of aromatic nitrogens is 1. The summed E-state index contributed by atoms with van der Waals surface area (Å²) in [6.45, 7) is 6.94. The second kappa shape index (κ2) is 7.48. The van der Waals surface area contributed by atoms with Crippen LogP contribution < -0.4 is 5.32 Å². The average molecular weight is 270 g/mol. The Balaban J connectivity index is 2.46. The van der Waals surface area contributed by atoms with Gasteiger partial charge in [-0.15, -0.1) is 11.3 Å². The van der Waals surface area contributed by atoms with Crippen LogP contribution in [0.15, 0.2) is 5.51 Å². The lowest BCUT2D eigenvalue weighted by Crippen LogP contribution is -2.30. The number of thiazole rings is 1. The molecule has 102 valence electrons. The molecule has 1 heterocycles. The Morgan fingerprint density at radius 1 is 1.56 bits per heavy atom. The van der Waals surface area contributed by atoms with E-state index in [-0.39, 0.29) is 12.5 Å². The van der Waals surface area contributed by atoms with Crippen molar-refractivity contribution < 1.29 is 9.90 Å². The fourth-order valence-electron chi connectivity index (χ4n) is 1.99. The third kappa shape index (κ3) is 4.74. The van der Waals surface area contributed by atoms with Crippen LogP contribution in [0.3, 0.4) is 0 Å². The van der Waals surface area contributed by atoms with Crippen molar-refractivity contribution in [3.63, 3.8) is 0 Å².